The van der Waals surface area contributed by atoms with Crippen molar-refractivity contribution in [1.82, 2.24) is 4.90 Å². The SMILES string of the molecule is CCCN1C(=O)c2ccccc2C1(N)c1ccc(OCOCC[Si](C)(C)C)cc1. The monoisotopic (exact) mass is 412 g/mol. The van der Waals surface area contributed by atoms with Crippen molar-refractivity contribution in [1.29, 1.82) is 0 Å². The van der Waals surface area contributed by atoms with Crippen LogP contribution in [-0.4, -0.2) is 38.8 Å². The van der Waals surface area contributed by atoms with Gasteiger partial charge in [-0.1, -0.05) is 56.9 Å². The van der Waals surface area contributed by atoms with Crippen molar-refractivity contribution in [2.24, 2.45) is 5.73 Å². The van der Waals surface area contributed by atoms with Gasteiger partial charge in [0.25, 0.3) is 5.91 Å². The number of rotatable bonds is 9. The van der Waals surface area contributed by atoms with Crippen molar-refractivity contribution in [2.45, 2.75) is 44.7 Å². The normalized spacial score (nSPS) is 18.8. The molecule has 0 radical (unpaired) electrons. The Morgan fingerprint density at radius 2 is 1.76 bits per heavy atom. The van der Waals surface area contributed by atoms with Crippen molar-refractivity contribution in [2.75, 3.05) is 19.9 Å². The minimum Gasteiger partial charge on any atom is -0.468 e. The van der Waals surface area contributed by atoms with Crippen LogP contribution >= 0.6 is 0 Å². The summed E-state index contributed by atoms with van der Waals surface area (Å²) < 4.78 is 11.3. The summed E-state index contributed by atoms with van der Waals surface area (Å²) >= 11 is 0. The number of carbonyl (C=O) groups is 1. The van der Waals surface area contributed by atoms with E-state index >= 15 is 0 Å². The number of fused-ring (bicyclic) bond motifs is 1. The minimum atomic E-state index is -1.09. The van der Waals surface area contributed by atoms with E-state index in [1.54, 1.807) is 4.90 Å². The van der Waals surface area contributed by atoms with Gasteiger partial charge in [-0.3, -0.25) is 4.79 Å². The van der Waals surface area contributed by atoms with Crippen LogP contribution in [0.25, 0.3) is 0 Å². The van der Waals surface area contributed by atoms with Crippen LogP contribution < -0.4 is 10.5 Å². The maximum atomic E-state index is 12.9. The lowest BCUT2D eigenvalue weighted by molar-refractivity contribution is 0.0220. The number of hydrogen-bond acceptors (Lipinski definition) is 4. The van der Waals surface area contributed by atoms with Crippen molar-refractivity contribution in [3.63, 3.8) is 0 Å². The highest BCUT2D eigenvalue weighted by atomic mass is 28.3. The summed E-state index contributed by atoms with van der Waals surface area (Å²) in [6, 6.07) is 16.4. The zero-order chi connectivity index (χ0) is 21.1. The van der Waals surface area contributed by atoms with Crippen LogP contribution in [0.4, 0.5) is 0 Å². The first-order chi connectivity index (χ1) is 13.8. The maximum absolute atomic E-state index is 12.9. The number of ether oxygens (including phenoxy) is 2. The number of benzene rings is 2. The zero-order valence-electron chi connectivity index (χ0n) is 17.9. The molecule has 3 rings (SSSR count). The quantitative estimate of drug-likeness (QED) is 0.377. The maximum Gasteiger partial charge on any atom is 0.256 e. The third-order valence-corrected chi connectivity index (χ3v) is 6.99. The third-order valence-electron chi connectivity index (χ3n) is 5.29. The van der Waals surface area contributed by atoms with Gasteiger partial charge in [-0.25, -0.2) is 0 Å². The Balaban J connectivity index is 1.73. The largest absolute Gasteiger partial charge is 0.468 e. The number of nitrogens with zero attached hydrogens (tertiary/aromatic N) is 1. The lowest BCUT2D eigenvalue weighted by Crippen LogP contribution is -2.52. The Bertz CT molecular complexity index is 848. The van der Waals surface area contributed by atoms with Gasteiger partial charge in [0.05, 0.1) is 0 Å². The lowest BCUT2D eigenvalue weighted by Gasteiger charge is -2.36. The second-order valence-corrected chi connectivity index (χ2v) is 14.4. The van der Waals surface area contributed by atoms with Gasteiger partial charge >= 0.3 is 0 Å². The van der Waals surface area contributed by atoms with E-state index in [9.17, 15) is 4.79 Å². The molecule has 1 unspecified atom stereocenters. The molecule has 0 spiro atoms. The molecule has 0 bridgehead atoms. The first-order valence-corrected chi connectivity index (χ1v) is 14.0. The number of nitrogens with two attached hydrogens (primary N) is 1. The molecule has 0 saturated heterocycles. The van der Waals surface area contributed by atoms with Crippen molar-refractivity contribution in [3.05, 3.63) is 65.2 Å². The Labute approximate surface area is 174 Å². The molecule has 6 heteroatoms. The number of carbonyl (C=O) groups excluding carboxylic acids is 1. The van der Waals surface area contributed by atoms with Gasteiger partial charge in [0.2, 0.25) is 0 Å². The Kier molecular flexibility index (Phi) is 6.46. The van der Waals surface area contributed by atoms with E-state index in [1.165, 1.54) is 0 Å². The first-order valence-electron chi connectivity index (χ1n) is 10.3. The summed E-state index contributed by atoms with van der Waals surface area (Å²) in [5.74, 6) is 0.714. The van der Waals surface area contributed by atoms with Gasteiger partial charge < -0.3 is 20.1 Å². The summed E-state index contributed by atoms with van der Waals surface area (Å²) in [5.41, 5.74) is 8.32. The van der Waals surface area contributed by atoms with E-state index in [4.69, 9.17) is 15.2 Å². The molecule has 156 valence electrons. The van der Waals surface area contributed by atoms with Gasteiger partial charge in [0, 0.05) is 32.4 Å². The predicted octanol–water partition coefficient (Wildman–Crippen LogP) is 4.40. The van der Waals surface area contributed by atoms with E-state index in [0.29, 0.717) is 12.1 Å². The van der Waals surface area contributed by atoms with Crippen LogP contribution in [0.1, 0.15) is 34.8 Å². The standard InChI is InChI=1S/C23H32N2O3Si/c1-5-14-25-22(26)20-8-6-7-9-21(20)23(25,24)18-10-12-19(13-11-18)28-17-27-15-16-29(2,3)4/h6-13H,5,14-17,24H2,1-4H3. The number of hydrogen-bond donors (Lipinski definition) is 1. The van der Waals surface area contributed by atoms with Gasteiger partial charge in [0.1, 0.15) is 11.4 Å². The molecule has 0 fully saturated rings. The van der Waals surface area contributed by atoms with E-state index < -0.39 is 13.7 Å². The van der Waals surface area contributed by atoms with Crippen LogP contribution in [0.2, 0.25) is 25.7 Å². The van der Waals surface area contributed by atoms with Crippen LogP contribution in [0.15, 0.2) is 48.5 Å². The van der Waals surface area contributed by atoms with Gasteiger partial charge in [-0.15, -0.1) is 0 Å². The summed E-state index contributed by atoms with van der Waals surface area (Å²) in [6.45, 7) is 10.6. The highest BCUT2D eigenvalue weighted by molar-refractivity contribution is 6.76. The minimum absolute atomic E-state index is 0.0129. The lowest BCUT2D eigenvalue weighted by atomic mass is 9.91. The molecule has 29 heavy (non-hydrogen) atoms. The molecule has 0 aromatic heterocycles. The molecule has 2 aromatic rings. The topological polar surface area (TPSA) is 64.8 Å². The van der Waals surface area contributed by atoms with Crippen LogP contribution in [0.3, 0.4) is 0 Å². The second kappa shape index (κ2) is 8.69. The average Bonchev–Trinajstić information content (AvgIpc) is 2.91. The summed E-state index contributed by atoms with van der Waals surface area (Å²) in [4.78, 5) is 14.7. The van der Waals surface area contributed by atoms with Gasteiger partial charge in [-0.2, -0.15) is 0 Å². The molecule has 5 nitrogen and oxygen atoms in total. The van der Waals surface area contributed by atoms with Crippen LogP contribution in [0, 0.1) is 0 Å². The van der Waals surface area contributed by atoms with Crippen molar-refractivity contribution in [3.8, 4) is 5.75 Å². The van der Waals surface area contributed by atoms with Crippen LogP contribution in [-0.2, 0) is 10.4 Å². The molecule has 0 saturated carbocycles. The Morgan fingerprint density at radius 3 is 2.41 bits per heavy atom. The van der Waals surface area contributed by atoms with Crippen LogP contribution in [0.5, 0.6) is 5.75 Å². The Hall–Kier alpha value is -2.15. The first kappa shape index (κ1) is 21.6. The predicted molar refractivity (Wildman–Crippen MR) is 119 cm³/mol. The van der Waals surface area contributed by atoms with E-state index in [1.807, 2.05) is 48.5 Å². The molecule has 1 atom stereocenters. The Morgan fingerprint density at radius 1 is 1.07 bits per heavy atom. The molecule has 1 heterocycles. The van der Waals surface area contributed by atoms with E-state index in [0.717, 1.165) is 35.9 Å². The summed E-state index contributed by atoms with van der Waals surface area (Å²) in [7, 11) is -1.09. The molecular formula is C23H32N2O3Si. The molecule has 1 aliphatic rings. The molecule has 1 amide bonds. The smallest absolute Gasteiger partial charge is 0.256 e. The van der Waals surface area contributed by atoms with Gasteiger partial charge in [-0.05, 0) is 36.2 Å². The fourth-order valence-electron chi connectivity index (χ4n) is 3.62. The summed E-state index contributed by atoms with van der Waals surface area (Å²) in [6.07, 6.45) is 0.842. The highest BCUT2D eigenvalue weighted by Gasteiger charge is 2.47. The average molecular weight is 413 g/mol. The van der Waals surface area contributed by atoms with E-state index in [-0.39, 0.29) is 12.7 Å². The molecule has 1 aliphatic heterocycles. The second-order valence-electron chi connectivity index (χ2n) is 8.77. The fourth-order valence-corrected chi connectivity index (χ4v) is 4.37. The zero-order valence-corrected chi connectivity index (χ0v) is 18.9. The molecule has 2 N–H and O–H groups in total. The fraction of sp³-hybridized carbons (Fsp3) is 0.435. The molecule has 0 aliphatic carbocycles. The third kappa shape index (κ3) is 4.55. The van der Waals surface area contributed by atoms with Gasteiger partial charge in [0.15, 0.2) is 6.79 Å². The molecular weight excluding hydrogens is 380 g/mol. The van der Waals surface area contributed by atoms with E-state index in [2.05, 4.69) is 26.6 Å². The number of amides is 1. The highest BCUT2D eigenvalue weighted by Crippen LogP contribution is 2.40. The molecule has 2 aromatic carbocycles. The van der Waals surface area contributed by atoms with Crippen molar-refractivity contribution < 1.29 is 14.3 Å². The summed E-state index contributed by atoms with van der Waals surface area (Å²) in [5, 5.41) is 0. The van der Waals surface area contributed by atoms with Crippen molar-refractivity contribution >= 4 is 14.0 Å².